The molecule has 0 saturated heterocycles. The van der Waals surface area contributed by atoms with Crippen molar-refractivity contribution in [1.82, 2.24) is 15.3 Å². The fraction of sp³-hybridized carbons (Fsp3) is 0.400. The lowest BCUT2D eigenvalue weighted by Crippen LogP contribution is -2.41. The van der Waals surface area contributed by atoms with Gasteiger partial charge in [-0.25, -0.2) is 4.98 Å². The van der Waals surface area contributed by atoms with E-state index in [1.54, 1.807) is 6.20 Å². The average Bonchev–Trinajstić information content (AvgIpc) is 2.87. The predicted molar refractivity (Wildman–Crippen MR) is 77.5 cm³/mol. The molecule has 1 heterocycles. The smallest absolute Gasteiger partial charge is 0.107 e. The summed E-state index contributed by atoms with van der Waals surface area (Å²) in [6.07, 6.45) is 7.08. The Kier molecular flexibility index (Phi) is 3.85. The lowest BCUT2D eigenvalue weighted by Gasteiger charge is -2.36. The van der Waals surface area contributed by atoms with Crippen LogP contribution in [0, 0.1) is 0 Å². The van der Waals surface area contributed by atoms with Gasteiger partial charge in [-0.3, -0.25) is 0 Å². The summed E-state index contributed by atoms with van der Waals surface area (Å²) in [5.41, 5.74) is 1.41. The van der Waals surface area contributed by atoms with Gasteiger partial charge in [0.05, 0.1) is 0 Å². The number of nitrogens with one attached hydrogen (secondary N) is 2. The first-order chi connectivity index (χ1) is 9.31. The molecule has 2 aromatic rings. The van der Waals surface area contributed by atoms with Gasteiger partial charge in [0, 0.05) is 36.4 Å². The van der Waals surface area contributed by atoms with E-state index in [9.17, 15) is 0 Å². The Hall–Kier alpha value is -1.32. The molecule has 0 atom stereocenters. The van der Waals surface area contributed by atoms with Crippen LogP contribution in [0.15, 0.2) is 36.7 Å². The van der Waals surface area contributed by atoms with Crippen molar-refractivity contribution in [3.63, 3.8) is 0 Å². The highest BCUT2D eigenvalue weighted by Crippen LogP contribution is 2.37. The van der Waals surface area contributed by atoms with E-state index in [0.717, 1.165) is 23.8 Å². The van der Waals surface area contributed by atoms with Gasteiger partial charge in [0.15, 0.2) is 0 Å². The van der Waals surface area contributed by atoms with Crippen LogP contribution in [0.2, 0.25) is 5.02 Å². The Bertz CT molecular complexity index is 501. The number of aromatic nitrogens is 2. The van der Waals surface area contributed by atoms with Crippen molar-refractivity contribution < 1.29 is 0 Å². The summed E-state index contributed by atoms with van der Waals surface area (Å²) >= 11 is 5.90. The maximum atomic E-state index is 5.90. The van der Waals surface area contributed by atoms with Gasteiger partial charge in [0.2, 0.25) is 0 Å². The van der Waals surface area contributed by atoms with E-state index in [2.05, 4.69) is 27.4 Å². The van der Waals surface area contributed by atoms with E-state index in [4.69, 9.17) is 11.6 Å². The van der Waals surface area contributed by atoms with Crippen LogP contribution >= 0.6 is 11.6 Å². The first-order valence-electron chi connectivity index (χ1n) is 6.78. The minimum atomic E-state index is 0.649. The molecule has 1 aromatic carbocycles. The van der Waals surface area contributed by atoms with E-state index >= 15 is 0 Å². The standard InChI is InChI=1S/C15H18ClN3/c16-13-3-1-11(2-4-13)12-9-14(10-12)17-6-5-15-18-7-8-19-15/h1-4,7-8,12,14,17H,5-6,9-10H2,(H,18,19). The number of rotatable bonds is 5. The van der Waals surface area contributed by atoms with Crippen LogP contribution in [0.4, 0.5) is 0 Å². The van der Waals surface area contributed by atoms with Crippen LogP contribution in [-0.4, -0.2) is 22.6 Å². The Labute approximate surface area is 118 Å². The molecule has 0 radical (unpaired) electrons. The zero-order chi connectivity index (χ0) is 13.1. The quantitative estimate of drug-likeness (QED) is 0.880. The molecule has 19 heavy (non-hydrogen) atoms. The van der Waals surface area contributed by atoms with Gasteiger partial charge in [-0.1, -0.05) is 23.7 Å². The number of H-pyrrole nitrogens is 1. The maximum Gasteiger partial charge on any atom is 0.107 e. The highest BCUT2D eigenvalue weighted by atomic mass is 35.5. The van der Waals surface area contributed by atoms with Crippen molar-refractivity contribution in [3.05, 3.63) is 53.1 Å². The van der Waals surface area contributed by atoms with Gasteiger partial charge in [-0.2, -0.15) is 0 Å². The van der Waals surface area contributed by atoms with Gasteiger partial charge in [0.1, 0.15) is 5.82 Å². The van der Waals surface area contributed by atoms with Crippen molar-refractivity contribution in [1.29, 1.82) is 0 Å². The van der Waals surface area contributed by atoms with Crippen LogP contribution in [0.3, 0.4) is 0 Å². The van der Waals surface area contributed by atoms with Gasteiger partial charge in [-0.15, -0.1) is 0 Å². The normalized spacial score (nSPS) is 22.2. The maximum absolute atomic E-state index is 5.90. The third-order valence-electron chi connectivity index (χ3n) is 3.83. The lowest BCUT2D eigenvalue weighted by atomic mass is 9.76. The largest absolute Gasteiger partial charge is 0.349 e. The summed E-state index contributed by atoms with van der Waals surface area (Å²) in [6, 6.07) is 8.90. The molecular formula is C15H18ClN3. The molecule has 0 bridgehead atoms. The summed E-state index contributed by atoms with van der Waals surface area (Å²) in [5, 5.41) is 4.40. The Morgan fingerprint density at radius 1 is 1.26 bits per heavy atom. The zero-order valence-corrected chi connectivity index (χ0v) is 11.5. The van der Waals surface area contributed by atoms with E-state index < -0.39 is 0 Å². The third kappa shape index (κ3) is 3.17. The number of hydrogen-bond donors (Lipinski definition) is 2. The summed E-state index contributed by atoms with van der Waals surface area (Å²) in [7, 11) is 0. The molecule has 1 aliphatic rings. The summed E-state index contributed by atoms with van der Waals surface area (Å²) in [4.78, 5) is 7.34. The van der Waals surface area contributed by atoms with Crippen LogP contribution in [0.25, 0.3) is 0 Å². The Balaban J connectivity index is 1.39. The summed E-state index contributed by atoms with van der Waals surface area (Å²) in [5.74, 6) is 1.75. The van der Waals surface area contributed by atoms with E-state index in [1.165, 1.54) is 18.4 Å². The van der Waals surface area contributed by atoms with Crippen molar-refractivity contribution in [2.75, 3.05) is 6.54 Å². The highest BCUT2D eigenvalue weighted by molar-refractivity contribution is 6.30. The number of benzene rings is 1. The first kappa shape index (κ1) is 12.7. The summed E-state index contributed by atoms with van der Waals surface area (Å²) < 4.78 is 0. The van der Waals surface area contributed by atoms with Crippen molar-refractivity contribution in [2.24, 2.45) is 0 Å². The molecule has 1 fully saturated rings. The van der Waals surface area contributed by atoms with Crippen molar-refractivity contribution in [3.8, 4) is 0 Å². The number of imidazole rings is 1. The predicted octanol–water partition coefficient (Wildman–Crippen LogP) is 3.14. The summed E-state index contributed by atoms with van der Waals surface area (Å²) in [6.45, 7) is 0.992. The fourth-order valence-corrected chi connectivity index (χ4v) is 2.75. The molecule has 4 heteroatoms. The Morgan fingerprint density at radius 2 is 2.05 bits per heavy atom. The molecule has 3 rings (SSSR count). The molecule has 0 aliphatic heterocycles. The monoisotopic (exact) mass is 275 g/mol. The molecule has 1 aliphatic carbocycles. The van der Waals surface area contributed by atoms with E-state index in [0.29, 0.717) is 12.0 Å². The van der Waals surface area contributed by atoms with E-state index in [-0.39, 0.29) is 0 Å². The molecule has 0 unspecified atom stereocenters. The van der Waals surface area contributed by atoms with Gasteiger partial charge in [0.25, 0.3) is 0 Å². The highest BCUT2D eigenvalue weighted by Gasteiger charge is 2.29. The van der Waals surface area contributed by atoms with Crippen LogP contribution in [0.1, 0.15) is 30.1 Å². The van der Waals surface area contributed by atoms with Crippen LogP contribution < -0.4 is 5.32 Å². The first-order valence-corrected chi connectivity index (χ1v) is 7.16. The fourth-order valence-electron chi connectivity index (χ4n) is 2.62. The van der Waals surface area contributed by atoms with Gasteiger partial charge in [-0.05, 0) is 36.5 Å². The second kappa shape index (κ2) is 5.76. The minimum absolute atomic E-state index is 0.649. The molecule has 1 saturated carbocycles. The van der Waals surface area contributed by atoms with Crippen LogP contribution in [-0.2, 0) is 6.42 Å². The number of aromatic amines is 1. The van der Waals surface area contributed by atoms with Gasteiger partial charge >= 0.3 is 0 Å². The SMILES string of the molecule is Clc1ccc(C2CC(NCCc3ncc[nH]3)C2)cc1. The van der Waals surface area contributed by atoms with E-state index in [1.807, 2.05) is 18.3 Å². The molecule has 2 N–H and O–H groups in total. The number of hydrogen-bond acceptors (Lipinski definition) is 2. The topological polar surface area (TPSA) is 40.7 Å². The van der Waals surface area contributed by atoms with Crippen molar-refractivity contribution in [2.45, 2.75) is 31.2 Å². The molecule has 100 valence electrons. The zero-order valence-electron chi connectivity index (χ0n) is 10.8. The molecule has 0 amide bonds. The average molecular weight is 276 g/mol. The minimum Gasteiger partial charge on any atom is -0.349 e. The second-order valence-corrected chi connectivity index (χ2v) is 5.59. The van der Waals surface area contributed by atoms with Gasteiger partial charge < -0.3 is 10.3 Å². The molecular weight excluding hydrogens is 258 g/mol. The molecule has 1 aromatic heterocycles. The molecule has 3 nitrogen and oxygen atoms in total. The molecule has 0 spiro atoms. The third-order valence-corrected chi connectivity index (χ3v) is 4.08. The second-order valence-electron chi connectivity index (χ2n) is 5.16. The Morgan fingerprint density at radius 3 is 2.74 bits per heavy atom. The number of nitrogens with zero attached hydrogens (tertiary/aromatic N) is 1. The van der Waals surface area contributed by atoms with Crippen LogP contribution in [0.5, 0.6) is 0 Å². The number of halogens is 1. The lowest BCUT2D eigenvalue weighted by molar-refractivity contribution is 0.292. The van der Waals surface area contributed by atoms with Crippen molar-refractivity contribution >= 4 is 11.6 Å².